The monoisotopic (exact) mass is 385 g/mol. The van der Waals surface area contributed by atoms with Crippen LogP contribution in [0.5, 0.6) is 5.75 Å². The Morgan fingerprint density at radius 3 is 2.82 bits per heavy atom. The second-order valence-corrected chi connectivity index (χ2v) is 6.59. The topological polar surface area (TPSA) is 88.6 Å². The predicted octanol–water partition coefficient (Wildman–Crippen LogP) is 1.47. The highest BCUT2D eigenvalue weighted by atomic mass is 16.5. The molecule has 1 aliphatic heterocycles. The van der Waals surface area contributed by atoms with Gasteiger partial charge in [-0.1, -0.05) is 18.2 Å². The highest BCUT2D eigenvalue weighted by Crippen LogP contribution is 2.18. The Morgan fingerprint density at radius 1 is 1.25 bits per heavy atom. The largest absolute Gasteiger partial charge is 0.496 e. The number of aryl methyl sites for hydroxylation is 1. The van der Waals surface area contributed by atoms with Crippen LogP contribution in [0.15, 0.2) is 30.3 Å². The maximum atomic E-state index is 12.5. The van der Waals surface area contributed by atoms with Crippen molar-refractivity contribution in [1.82, 2.24) is 20.2 Å². The molecule has 150 valence electrons. The van der Waals surface area contributed by atoms with Gasteiger partial charge in [-0.3, -0.25) is 9.69 Å². The quantitative estimate of drug-likeness (QED) is 0.711. The highest BCUT2D eigenvalue weighted by molar-refractivity contribution is 5.92. The highest BCUT2D eigenvalue weighted by Gasteiger charge is 2.13. The van der Waals surface area contributed by atoms with Crippen LogP contribution in [0.3, 0.4) is 0 Å². The molecule has 0 aliphatic carbocycles. The number of ether oxygens (including phenoxy) is 2. The summed E-state index contributed by atoms with van der Waals surface area (Å²) in [5, 5.41) is 6.11. The van der Waals surface area contributed by atoms with Gasteiger partial charge in [0.2, 0.25) is 5.95 Å². The number of nitrogens with zero attached hydrogens (tertiary/aromatic N) is 3. The van der Waals surface area contributed by atoms with Crippen molar-refractivity contribution >= 4 is 11.9 Å². The van der Waals surface area contributed by atoms with Crippen molar-refractivity contribution in [2.24, 2.45) is 0 Å². The number of aromatic nitrogens is 2. The van der Waals surface area contributed by atoms with E-state index in [1.165, 1.54) is 0 Å². The molecular weight excluding hydrogens is 358 g/mol. The van der Waals surface area contributed by atoms with Crippen LogP contribution in [0.2, 0.25) is 0 Å². The summed E-state index contributed by atoms with van der Waals surface area (Å²) in [5.41, 5.74) is 2.08. The Balaban J connectivity index is 1.56. The molecule has 1 amide bonds. The molecule has 1 aliphatic rings. The van der Waals surface area contributed by atoms with Crippen LogP contribution in [-0.2, 0) is 11.3 Å². The van der Waals surface area contributed by atoms with Crippen LogP contribution in [0, 0.1) is 6.92 Å². The summed E-state index contributed by atoms with van der Waals surface area (Å²) in [6, 6.07) is 9.44. The predicted molar refractivity (Wildman–Crippen MR) is 107 cm³/mol. The third-order valence-electron chi connectivity index (χ3n) is 4.53. The lowest BCUT2D eigenvalue weighted by Crippen LogP contribution is -2.41. The normalized spacial score (nSPS) is 14.5. The molecule has 0 spiro atoms. The van der Waals surface area contributed by atoms with Crippen molar-refractivity contribution in [1.29, 1.82) is 0 Å². The minimum atomic E-state index is -0.195. The van der Waals surface area contributed by atoms with E-state index < -0.39 is 0 Å². The molecule has 8 nitrogen and oxygen atoms in total. The molecule has 0 radical (unpaired) electrons. The third-order valence-corrected chi connectivity index (χ3v) is 4.53. The van der Waals surface area contributed by atoms with Gasteiger partial charge in [0, 0.05) is 44.0 Å². The summed E-state index contributed by atoms with van der Waals surface area (Å²) >= 11 is 0. The minimum absolute atomic E-state index is 0.195. The minimum Gasteiger partial charge on any atom is -0.496 e. The molecule has 8 heteroatoms. The first-order valence-electron chi connectivity index (χ1n) is 9.45. The van der Waals surface area contributed by atoms with Crippen molar-refractivity contribution < 1.29 is 14.3 Å². The van der Waals surface area contributed by atoms with Crippen molar-refractivity contribution in [2.45, 2.75) is 13.5 Å². The summed E-state index contributed by atoms with van der Waals surface area (Å²) in [7, 11) is 1.64. The van der Waals surface area contributed by atoms with E-state index in [9.17, 15) is 4.79 Å². The number of methoxy groups -OCH3 is 1. The fourth-order valence-corrected chi connectivity index (χ4v) is 3.03. The van der Waals surface area contributed by atoms with Crippen molar-refractivity contribution in [3.63, 3.8) is 0 Å². The van der Waals surface area contributed by atoms with E-state index in [2.05, 4.69) is 25.5 Å². The van der Waals surface area contributed by atoms with Gasteiger partial charge >= 0.3 is 0 Å². The van der Waals surface area contributed by atoms with Crippen LogP contribution in [0.1, 0.15) is 21.7 Å². The van der Waals surface area contributed by atoms with Gasteiger partial charge in [0.05, 0.1) is 20.3 Å². The molecule has 3 rings (SSSR count). The number of rotatable bonds is 8. The zero-order valence-electron chi connectivity index (χ0n) is 16.4. The van der Waals surface area contributed by atoms with Crippen LogP contribution in [-0.4, -0.2) is 67.3 Å². The molecule has 1 saturated heterocycles. The summed E-state index contributed by atoms with van der Waals surface area (Å²) in [6.07, 6.45) is 0. The van der Waals surface area contributed by atoms with Gasteiger partial charge in [0.1, 0.15) is 11.4 Å². The van der Waals surface area contributed by atoms with Crippen molar-refractivity contribution in [2.75, 3.05) is 51.8 Å². The van der Waals surface area contributed by atoms with E-state index in [1.54, 1.807) is 13.2 Å². The average Bonchev–Trinajstić information content (AvgIpc) is 2.72. The van der Waals surface area contributed by atoms with E-state index in [-0.39, 0.29) is 5.91 Å². The smallest absolute Gasteiger partial charge is 0.270 e. The molecule has 28 heavy (non-hydrogen) atoms. The molecule has 0 atom stereocenters. The van der Waals surface area contributed by atoms with E-state index in [4.69, 9.17) is 9.47 Å². The molecular formula is C20H27N5O3. The maximum Gasteiger partial charge on any atom is 0.270 e. The summed E-state index contributed by atoms with van der Waals surface area (Å²) in [5.74, 6) is 1.02. The van der Waals surface area contributed by atoms with Crippen molar-refractivity contribution in [3.05, 3.63) is 47.3 Å². The standard InChI is InChI=1S/C20H27N5O3/c1-15-13-17(19(26)21-7-8-25-9-11-28-12-10-25)24-20(23-15)22-14-16-5-3-4-6-18(16)27-2/h3-6,13H,7-12,14H2,1-2H3,(H,21,26)(H,22,23,24). The summed E-state index contributed by atoms with van der Waals surface area (Å²) in [4.78, 5) is 23.5. The number of carbonyl (C=O) groups is 1. The number of para-hydroxylation sites is 1. The zero-order valence-corrected chi connectivity index (χ0v) is 16.4. The second-order valence-electron chi connectivity index (χ2n) is 6.59. The fourth-order valence-electron chi connectivity index (χ4n) is 3.03. The SMILES string of the molecule is COc1ccccc1CNc1nc(C)cc(C(=O)NCCN2CCOCC2)n1. The Kier molecular flexibility index (Phi) is 7.16. The Bertz CT molecular complexity index is 793. The van der Waals surface area contributed by atoms with Crippen LogP contribution in [0.25, 0.3) is 0 Å². The molecule has 2 aromatic rings. The number of nitrogens with one attached hydrogen (secondary N) is 2. The first-order chi connectivity index (χ1) is 13.7. The number of hydrogen-bond donors (Lipinski definition) is 2. The van der Waals surface area contributed by atoms with Gasteiger partial charge in [0.25, 0.3) is 5.91 Å². The van der Waals surface area contributed by atoms with E-state index in [1.807, 2.05) is 31.2 Å². The first-order valence-corrected chi connectivity index (χ1v) is 9.45. The summed E-state index contributed by atoms with van der Waals surface area (Å²) < 4.78 is 10.7. The van der Waals surface area contributed by atoms with Gasteiger partial charge in [-0.05, 0) is 19.1 Å². The molecule has 1 aromatic heterocycles. The molecule has 2 N–H and O–H groups in total. The van der Waals surface area contributed by atoms with Gasteiger partial charge in [-0.25, -0.2) is 9.97 Å². The Morgan fingerprint density at radius 2 is 2.04 bits per heavy atom. The lowest BCUT2D eigenvalue weighted by atomic mass is 10.2. The summed E-state index contributed by atoms with van der Waals surface area (Å²) in [6.45, 7) is 7.04. The van der Waals surface area contributed by atoms with Crippen LogP contribution < -0.4 is 15.4 Å². The Hall–Kier alpha value is -2.71. The van der Waals surface area contributed by atoms with Crippen LogP contribution >= 0.6 is 0 Å². The van der Waals surface area contributed by atoms with E-state index in [0.717, 1.165) is 49.9 Å². The lowest BCUT2D eigenvalue weighted by Gasteiger charge is -2.26. The number of anilines is 1. The number of morpholine rings is 1. The van der Waals surface area contributed by atoms with E-state index >= 15 is 0 Å². The zero-order chi connectivity index (χ0) is 19.8. The van der Waals surface area contributed by atoms with Gasteiger partial charge in [-0.15, -0.1) is 0 Å². The van der Waals surface area contributed by atoms with Gasteiger partial charge in [-0.2, -0.15) is 0 Å². The first kappa shape index (κ1) is 20.0. The number of amides is 1. The molecule has 0 bridgehead atoms. The third kappa shape index (κ3) is 5.64. The number of carbonyl (C=O) groups excluding carboxylic acids is 1. The molecule has 1 aromatic carbocycles. The average molecular weight is 385 g/mol. The van der Waals surface area contributed by atoms with Gasteiger partial charge in [0.15, 0.2) is 0 Å². The number of benzene rings is 1. The molecule has 0 unspecified atom stereocenters. The molecule has 1 fully saturated rings. The van der Waals surface area contributed by atoms with Crippen LogP contribution in [0.4, 0.5) is 5.95 Å². The number of hydrogen-bond acceptors (Lipinski definition) is 7. The van der Waals surface area contributed by atoms with E-state index in [0.29, 0.717) is 24.7 Å². The van der Waals surface area contributed by atoms with Crippen molar-refractivity contribution in [3.8, 4) is 5.75 Å². The lowest BCUT2D eigenvalue weighted by molar-refractivity contribution is 0.0383. The fraction of sp³-hybridized carbons (Fsp3) is 0.450. The maximum absolute atomic E-state index is 12.5. The second kappa shape index (κ2) is 10.0. The Labute approximate surface area is 165 Å². The molecule has 0 saturated carbocycles. The van der Waals surface area contributed by atoms with Gasteiger partial charge < -0.3 is 20.1 Å². The molecule has 2 heterocycles.